The van der Waals surface area contributed by atoms with Gasteiger partial charge in [-0.1, -0.05) is 17.7 Å². The van der Waals surface area contributed by atoms with E-state index in [0.29, 0.717) is 12.1 Å². The van der Waals surface area contributed by atoms with E-state index in [1.807, 2.05) is 47.0 Å². The van der Waals surface area contributed by atoms with Crippen LogP contribution >= 0.6 is 0 Å². The molecule has 2 aromatic rings. The van der Waals surface area contributed by atoms with Crippen LogP contribution in [0, 0.1) is 20.8 Å². The maximum absolute atomic E-state index is 12.6. The summed E-state index contributed by atoms with van der Waals surface area (Å²) in [5.41, 5.74) is 4.57. The Morgan fingerprint density at radius 2 is 1.70 bits per heavy atom. The van der Waals surface area contributed by atoms with E-state index in [-0.39, 0.29) is 17.5 Å². The van der Waals surface area contributed by atoms with Gasteiger partial charge in [0.2, 0.25) is 0 Å². The number of carbonyl (C=O) groups is 2. The maximum atomic E-state index is 12.6. The number of hydrogen-bond donors (Lipinski definition) is 2. The van der Waals surface area contributed by atoms with Crippen LogP contribution in [0.2, 0.25) is 0 Å². The Bertz CT molecular complexity index is 808. The monoisotopic (exact) mass is 368 g/mol. The molecule has 2 N–H and O–H groups in total. The summed E-state index contributed by atoms with van der Waals surface area (Å²) in [6, 6.07) is 7.18. The van der Waals surface area contributed by atoms with Crippen molar-refractivity contribution in [2.24, 2.45) is 0 Å². The van der Waals surface area contributed by atoms with Gasteiger partial charge in [0.05, 0.1) is 0 Å². The summed E-state index contributed by atoms with van der Waals surface area (Å²) in [5, 5.41) is 5.78. The van der Waals surface area contributed by atoms with Gasteiger partial charge < -0.3 is 15.5 Å². The molecule has 144 valence electrons. The highest BCUT2D eigenvalue weighted by molar-refractivity contribution is 6.05. The average molecular weight is 368 g/mol. The number of aromatic nitrogens is 1. The van der Waals surface area contributed by atoms with Gasteiger partial charge in [-0.15, -0.1) is 0 Å². The van der Waals surface area contributed by atoms with Crippen LogP contribution in [0.1, 0.15) is 44.0 Å². The molecule has 1 heterocycles. The lowest BCUT2D eigenvalue weighted by Crippen LogP contribution is -2.27. The highest BCUT2D eigenvalue weighted by atomic mass is 16.2. The zero-order valence-electron chi connectivity index (χ0n) is 16.7. The minimum absolute atomic E-state index is 0.201. The van der Waals surface area contributed by atoms with Crippen LogP contribution in [0.25, 0.3) is 0 Å². The van der Waals surface area contributed by atoms with Crippen molar-refractivity contribution in [2.45, 2.75) is 27.2 Å². The van der Waals surface area contributed by atoms with E-state index < -0.39 is 0 Å². The van der Waals surface area contributed by atoms with E-state index >= 15 is 0 Å². The van der Waals surface area contributed by atoms with Crippen molar-refractivity contribution in [3.63, 3.8) is 0 Å². The molecular formula is C21H28N4O2. The summed E-state index contributed by atoms with van der Waals surface area (Å²) < 4.78 is 0. The molecule has 2 amide bonds. The van der Waals surface area contributed by atoms with E-state index in [4.69, 9.17) is 0 Å². The quantitative estimate of drug-likeness (QED) is 0.737. The smallest absolute Gasteiger partial charge is 0.274 e. The molecule has 2 rings (SSSR count). The topological polar surface area (TPSA) is 74.3 Å². The fourth-order valence-electron chi connectivity index (χ4n) is 2.95. The third-order valence-electron chi connectivity index (χ3n) is 4.24. The normalized spacial score (nSPS) is 10.7. The van der Waals surface area contributed by atoms with Gasteiger partial charge in [-0.2, -0.15) is 0 Å². The lowest BCUT2D eigenvalue weighted by molar-refractivity contribution is 0.0952. The lowest BCUT2D eigenvalue weighted by Gasteiger charge is -2.13. The SMILES string of the molecule is Cc1cc(C)c(NC(=O)c2cc(C(=O)NCCCN(C)C)ccn2)c(C)c1. The van der Waals surface area contributed by atoms with Crippen LogP contribution in [-0.2, 0) is 0 Å². The Morgan fingerprint density at radius 1 is 1.04 bits per heavy atom. The molecule has 0 spiro atoms. The van der Waals surface area contributed by atoms with E-state index in [1.54, 1.807) is 6.07 Å². The van der Waals surface area contributed by atoms with Gasteiger partial charge in [0.15, 0.2) is 0 Å². The van der Waals surface area contributed by atoms with Gasteiger partial charge in [0.1, 0.15) is 5.69 Å². The molecule has 0 radical (unpaired) electrons. The molecule has 0 saturated heterocycles. The average Bonchev–Trinajstić information content (AvgIpc) is 2.61. The second-order valence-corrected chi connectivity index (χ2v) is 7.07. The Hall–Kier alpha value is -2.73. The molecule has 1 aromatic heterocycles. The number of amides is 2. The maximum Gasteiger partial charge on any atom is 0.274 e. The molecule has 27 heavy (non-hydrogen) atoms. The molecule has 1 aromatic carbocycles. The Kier molecular flexibility index (Phi) is 7.07. The molecule has 6 nitrogen and oxygen atoms in total. The molecule has 0 unspecified atom stereocenters. The summed E-state index contributed by atoms with van der Waals surface area (Å²) in [6.07, 6.45) is 2.35. The molecular weight excluding hydrogens is 340 g/mol. The summed E-state index contributed by atoms with van der Waals surface area (Å²) in [4.78, 5) is 31.1. The molecule has 0 atom stereocenters. The summed E-state index contributed by atoms with van der Waals surface area (Å²) in [7, 11) is 3.99. The van der Waals surface area contributed by atoms with Gasteiger partial charge in [-0.3, -0.25) is 14.6 Å². The first-order valence-electron chi connectivity index (χ1n) is 9.06. The number of benzene rings is 1. The summed E-state index contributed by atoms with van der Waals surface area (Å²) >= 11 is 0. The van der Waals surface area contributed by atoms with Crippen molar-refractivity contribution in [2.75, 3.05) is 32.5 Å². The molecule has 6 heteroatoms. The molecule has 0 aliphatic heterocycles. The highest BCUT2D eigenvalue weighted by Crippen LogP contribution is 2.22. The number of anilines is 1. The molecule has 0 saturated carbocycles. The number of pyridine rings is 1. The minimum atomic E-state index is -0.327. The first-order valence-corrected chi connectivity index (χ1v) is 9.06. The second kappa shape index (κ2) is 9.28. The van der Waals surface area contributed by atoms with E-state index in [1.165, 1.54) is 12.3 Å². The fourth-order valence-corrected chi connectivity index (χ4v) is 2.95. The van der Waals surface area contributed by atoms with Gasteiger partial charge in [-0.25, -0.2) is 0 Å². The predicted molar refractivity (Wildman–Crippen MR) is 108 cm³/mol. The summed E-state index contributed by atoms with van der Waals surface area (Å²) in [5.74, 6) is -0.528. The van der Waals surface area contributed by atoms with Crippen molar-refractivity contribution < 1.29 is 9.59 Å². The van der Waals surface area contributed by atoms with Gasteiger partial charge >= 0.3 is 0 Å². The van der Waals surface area contributed by atoms with Gasteiger partial charge in [0.25, 0.3) is 11.8 Å². The third kappa shape index (κ3) is 5.89. The van der Waals surface area contributed by atoms with Crippen molar-refractivity contribution >= 4 is 17.5 Å². The van der Waals surface area contributed by atoms with Crippen LogP contribution in [0.15, 0.2) is 30.5 Å². The largest absolute Gasteiger partial charge is 0.352 e. The van der Waals surface area contributed by atoms with E-state index in [9.17, 15) is 9.59 Å². The van der Waals surface area contributed by atoms with Crippen molar-refractivity contribution in [3.05, 3.63) is 58.4 Å². The molecule has 0 bridgehead atoms. The van der Waals surface area contributed by atoms with Crippen molar-refractivity contribution in [3.8, 4) is 0 Å². The Labute approximate surface area is 161 Å². The van der Waals surface area contributed by atoms with Crippen molar-refractivity contribution in [1.82, 2.24) is 15.2 Å². The minimum Gasteiger partial charge on any atom is -0.352 e. The Balaban J connectivity index is 2.06. The number of carbonyl (C=O) groups excluding carboxylic acids is 2. The predicted octanol–water partition coefficient (Wildman–Crippen LogP) is 2.94. The van der Waals surface area contributed by atoms with Crippen molar-refractivity contribution in [1.29, 1.82) is 0 Å². The zero-order chi connectivity index (χ0) is 20.0. The molecule has 0 fully saturated rings. The first-order chi connectivity index (χ1) is 12.8. The zero-order valence-corrected chi connectivity index (χ0v) is 16.7. The van der Waals surface area contributed by atoms with Crippen LogP contribution in [-0.4, -0.2) is 48.9 Å². The number of nitrogens with zero attached hydrogens (tertiary/aromatic N) is 2. The van der Waals surface area contributed by atoms with Crippen LogP contribution in [0.4, 0.5) is 5.69 Å². The fraction of sp³-hybridized carbons (Fsp3) is 0.381. The number of aryl methyl sites for hydroxylation is 3. The first kappa shape index (κ1) is 20.6. The molecule has 0 aliphatic carbocycles. The van der Waals surface area contributed by atoms with Crippen LogP contribution in [0.3, 0.4) is 0 Å². The summed E-state index contributed by atoms with van der Waals surface area (Å²) in [6.45, 7) is 7.43. The number of nitrogens with one attached hydrogen (secondary N) is 2. The highest BCUT2D eigenvalue weighted by Gasteiger charge is 2.14. The van der Waals surface area contributed by atoms with E-state index in [2.05, 4.69) is 20.5 Å². The standard InChI is InChI=1S/C21H28N4O2/c1-14-11-15(2)19(16(3)12-14)24-21(27)18-13-17(7-9-22-18)20(26)23-8-6-10-25(4)5/h7,9,11-13H,6,8,10H2,1-5H3,(H,23,26)(H,24,27). The number of hydrogen-bond acceptors (Lipinski definition) is 4. The van der Waals surface area contributed by atoms with Crippen LogP contribution in [0.5, 0.6) is 0 Å². The molecule has 0 aliphatic rings. The van der Waals surface area contributed by atoms with Crippen LogP contribution < -0.4 is 10.6 Å². The van der Waals surface area contributed by atoms with E-state index in [0.717, 1.165) is 35.3 Å². The lowest BCUT2D eigenvalue weighted by atomic mass is 10.0. The Morgan fingerprint density at radius 3 is 2.33 bits per heavy atom. The number of rotatable bonds is 7. The third-order valence-corrected chi connectivity index (χ3v) is 4.24. The van der Waals surface area contributed by atoms with Gasteiger partial charge in [-0.05, 0) is 71.1 Å². The van der Waals surface area contributed by atoms with Gasteiger partial charge in [0, 0.05) is 24.0 Å². The second-order valence-electron chi connectivity index (χ2n) is 7.07.